The Hall–Kier alpha value is -0.400. The number of rotatable bonds is 5. The van der Waals surface area contributed by atoms with Crippen molar-refractivity contribution >= 4 is 24.8 Å². The van der Waals surface area contributed by atoms with E-state index in [0.717, 1.165) is 26.2 Å². The third kappa shape index (κ3) is 5.24. The van der Waals surface area contributed by atoms with E-state index in [9.17, 15) is 0 Å². The summed E-state index contributed by atoms with van der Waals surface area (Å²) in [6.45, 7) is 9.25. The summed E-state index contributed by atoms with van der Waals surface area (Å²) in [6.07, 6.45) is -0.0713. The summed E-state index contributed by atoms with van der Waals surface area (Å²) >= 11 is 0. The first kappa shape index (κ1) is 18.6. The second kappa shape index (κ2) is 9.50. The number of hydrogen-bond donors (Lipinski definition) is 1. The molecule has 0 spiro atoms. The maximum Gasteiger partial charge on any atom is 0.240 e. The smallest absolute Gasteiger partial charge is 0.240 e. The van der Waals surface area contributed by atoms with Gasteiger partial charge in [0, 0.05) is 13.1 Å². The largest absolute Gasteiger partial charge is 0.367 e. The molecule has 0 amide bonds. The van der Waals surface area contributed by atoms with Crippen LogP contribution in [0.2, 0.25) is 0 Å². The van der Waals surface area contributed by atoms with Gasteiger partial charge in [-0.1, -0.05) is 19.0 Å². The second-order valence-electron chi connectivity index (χ2n) is 4.07. The summed E-state index contributed by atoms with van der Waals surface area (Å²) in [5.41, 5.74) is 0. The van der Waals surface area contributed by atoms with Gasteiger partial charge in [-0.2, -0.15) is 4.98 Å². The Kier molecular flexibility index (Phi) is 9.30. The molecule has 1 fully saturated rings. The second-order valence-corrected chi connectivity index (χ2v) is 4.07. The van der Waals surface area contributed by atoms with E-state index in [1.807, 2.05) is 0 Å². The van der Waals surface area contributed by atoms with Gasteiger partial charge in [-0.15, -0.1) is 24.8 Å². The molecule has 0 aliphatic carbocycles. The Morgan fingerprint density at radius 3 is 2.63 bits per heavy atom. The lowest BCUT2D eigenvalue weighted by Gasteiger charge is -2.20. The van der Waals surface area contributed by atoms with E-state index in [4.69, 9.17) is 9.26 Å². The number of ether oxygens (including phenoxy) is 1. The quantitative estimate of drug-likeness (QED) is 0.887. The predicted octanol–water partition coefficient (Wildman–Crippen LogP) is 1.42. The molecule has 1 aromatic heterocycles. The van der Waals surface area contributed by atoms with E-state index in [-0.39, 0.29) is 30.9 Å². The van der Waals surface area contributed by atoms with Crippen LogP contribution < -0.4 is 5.32 Å². The summed E-state index contributed by atoms with van der Waals surface area (Å²) < 4.78 is 10.8. The minimum atomic E-state index is -0.0713. The summed E-state index contributed by atoms with van der Waals surface area (Å²) in [6, 6.07) is 0. The first-order chi connectivity index (χ1) is 8.33. The maximum atomic E-state index is 5.57. The zero-order chi connectivity index (χ0) is 12.1. The fourth-order valence-corrected chi connectivity index (χ4v) is 1.83. The van der Waals surface area contributed by atoms with E-state index >= 15 is 0 Å². The minimum absolute atomic E-state index is 0. The highest BCUT2D eigenvalue weighted by atomic mass is 35.5. The molecule has 1 aliphatic heterocycles. The van der Waals surface area contributed by atoms with Crippen molar-refractivity contribution in [3.63, 3.8) is 0 Å². The van der Waals surface area contributed by atoms with Crippen LogP contribution in [0, 0.1) is 0 Å². The number of halogens is 2. The van der Waals surface area contributed by atoms with Gasteiger partial charge in [0.15, 0.2) is 0 Å². The monoisotopic (exact) mass is 312 g/mol. The molecule has 8 heteroatoms. The number of hydrogen-bond acceptors (Lipinski definition) is 6. The highest BCUT2D eigenvalue weighted by molar-refractivity contribution is 5.85. The van der Waals surface area contributed by atoms with Gasteiger partial charge in [-0.05, 0) is 13.1 Å². The lowest BCUT2D eigenvalue weighted by molar-refractivity contribution is 0.0208. The molecule has 0 radical (unpaired) electrons. The van der Waals surface area contributed by atoms with Crippen molar-refractivity contribution in [3.05, 3.63) is 11.7 Å². The van der Waals surface area contributed by atoms with Crippen molar-refractivity contribution in [1.29, 1.82) is 0 Å². The van der Waals surface area contributed by atoms with Crippen LogP contribution >= 0.6 is 24.8 Å². The van der Waals surface area contributed by atoms with E-state index < -0.39 is 0 Å². The molecular formula is C11H22Cl2N4O2. The van der Waals surface area contributed by atoms with Crippen LogP contribution in [0.3, 0.4) is 0 Å². The van der Waals surface area contributed by atoms with Crippen LogP contribution in [0.25, 0.3) is 0 Å². The van der Waals surface area contributed by atoms with Gasteiger partial charge in [0.1, 0.15) is 6.10 Å². The number of nitrogens with zero attached hydrogens (tertiary/aromatic N) is 3. The highest BCUT2D eigenvalue weighted by Crippen LogP contribution is 2.15. The van der Waals surface area contributed by atoms with Crippen molar-refractivity contribution in [3.8, 4) is 0 Å². The SMILES string of the molecule is CCN(CC)Cc1nc(C2CNCCO2)no1.Cl.Cl. The molecule has 19 heavy (non-hydrogen) atoms. The van der Waals surface area contributed by atoms with Crippen molar-refractivity contribution < 1.29 is 9.26 Å². The molecule has 2 heterocycles. The lowest BCUT2D eigenvalue weighted by atomic mass is 10.3. The Labute approximate surface area is 126 Å². The molecule has 6 nitrogen and oxygen atoms in total. The summed E-state index contributed by atoms with van der Waals surface area (Å²) in [5.74, 6) is 1.32. The van der Waals surface area contributed by atoms with E-state index in [0.29, 0.717) is 24.9 Å². The van der Waals surface area contributed by atoms with E-state index in [1.165, 1.54) is 0 Å². The Morgan fingerprint density at radius 2 is 2.05 bits per heavy atom. The van der Waals surface area contributed by atoms with Gasteiger partial charge in [0.05, 0.1) is 13.2 Å². The van der Waals surface area contributed by atoms with Crippen molar-refractivity contribution in [2.24, 2.45) is 0 Å². The lowest BCUT2D eigenvalue weighted by Crippen LogP contribution is -2.33. The molecule has 0 bridgehead atoms. The molecule has 0 aromatic carbocycles. The van der Waals surface area contributed by atoms with E-state index in [2.05, 4.69) is 34.2 Å². The van der Waals surface area contributed by atoms with Gasteiger partial charge in [0.2, 0.25) is 11.7 Å². The Morgan fingerprint density at radius 1 is 1.32 bits per heavy atom. The number of morpholine rings is 1. The standard InChI is InChI=1S/C11H20N4O2.2ClH/c1-3-15(4-2)8-10-13-11(14-17-10)9-7-12-5-6-16-9;;/h9,12H,3-8H2,1-2H3;2*1H. The fraction of sp³-hybridized carbons (Fsp3) is 0.818. The molecule has 0 saturated carbocycles. The molecule has 1 atom stereocenters. The normalized spacial score (nSPS) is 18.8. The minimum Gasteiger partial charge on any atom is -0.367 e. The number of nitrogens with one attached hydrogen (secondary N) is 1. The predicted molar refractivity (Wildman–Crippen MR) is 77.0 cm³/mol. The highest BCUT2D eigenvalue weighted by Gasteiger charge is 2.21. The van der Waals surface area contributed by atoms with Crippen LogP contribution in [-0.2, 0) is 11.3 Å². The summed E-state index contributed by atoms with van der Waals surface area (Å²) in [7, 11) is 0. The van der Waals surface area contributed by atoms with Crippen LogP contribution in [0.5, 0.6) is 0 Å². The zero-order valence-electron chi connectivity index (χ0n) is 11.3. The van der Waals surface area contributed by atoms with Gasteiger partial charge in [-0.3, -0.25) is 4.90 Å². The van der Waals surface area contributed by atoms with Crippen molar-refractivity contribution in [2.75, 3.05) is 32.8 Å². The fourth-order valence-electron chi connectivity index (χ4n) is 1.83. The molecule has 1 saturated heterocycles. The summed E-state index contributed by atoms with van der Waals surface area (Å²) in [5, 5.41) is 7.23. The first-order valence-corrected chi connectivity index (χ1v) is 6.20. The van der Waals surface area contributed by atoms with Crippen LogP contribution in [-0.4, -0.2) is 47.8 Å². The molecule has 1 aromatic rings. The first-order valence-electron chi connectivity index (χ1n) is 6.20. The third-order valence-corrected chi connectivity index (χ3v) is 2.95. The van der Waals surface area contributed by atoms with E-state index in [1.54, 1.807) is 0 Å². The molecule has 2 rings (SSSR count). The average Bonchev–Trinajstić information content (AvgIpc) is 2.85. The van der Waals surface area contributed by atoms with Crippen molar-refractivity contribution in [2.45, 2.75) is 26.5 Å². The maximum absolute atomic E-state index is 5.57. The summed E-state index contributed by atoms with van der Waals surface area (Å²) in [4.78, 5) is 6.62. The van der Waals surface area contributed by atoms with Gasteiger partial charge < -0.3 is 14.6 Å². The van der Waals surface area contributed by atoms with Crippen molar-refractivity contribution in [1.82, 2.24) is 20.4 Å². The van der Waals surface area contributed by atoms with Gasteiger partial charge in [-0.25, -0.2) is 0 Å². The number of aromatic nitrogens is 2. The van der Waals surface area contributed by atoms with Gasteiger partial charge in [0.25, 0.3) is 0 Å². The molecule has 1 unspecified atom stereocenters. The average molecular weight is 313 g/mol. The van der Waals surface area contributed by atoms with Crippen LogP contribution in [0.15, 0.2) is 4.52 Å². The topological polar surface area (TPSA) is 63.4 Å². The molecule has 1 aliphatic rings. The Bertz CT molecular complexity index is 341. The Balaban J connectivity index is 0.00000162. The molecule has 112 valence electrons. The van der Waals surface area contributed by atoms with Crippen LogP contribution in [0.4, 0.5) is 0 Å². The molecular weight excluding hydrogens is 291 g/mol. The molecule has 1 N–H and O–H groups in total. The van der Waals surface area contributed by atoms with Crippen LogP contribution in [0.1, 0.15) is 31.7 Å². The zero-order valence-corrected chi connectivity index (χ0v) is 12.9. The van der Waals surface area contributed by atoms with Gasteiger partial charge >= 0.3 is 0 Å². The third-order valence-electron chi connectivity index (χ3n) is 2.95.